The van der Waals surface area contributed by atoms with Gasteiger partial charge >= 0.3 is 5.97 Å². The second kappa shape index (κ2) is 7.44. The van der Waals surface area contributed by atoms with E-state index in [2.05, 4.69) is 39.7 Å². The van der Waals surface area contributed by atoms with E-state index in [0.717, 1.165) is 0 Å². The monoisotopic (exact) mass is 334 g/mol. The second-order valence-corrected chi connectivity index (χ2v) is 5.58. The van der Waals surface area contributed by atoms with Crippen LogP contribution in [-0.2, 0) is 6.54 Å². The molecule has 1 aromatic heterocycles. The van der Waals surface area contributed by atoms with Crippen molar-refractivity contribution >= 4 is 23.3 Å². The molecule has 0 atom stereocenters. The number of hydrogen-bond donors (Lipinski definition) is 3. The lowest BCUT2D eigenvalue weighted by Crippen LogP contribution is -2.04. The van der Waals surface area contributed by atoms with Crippen LogP contribution in [0.4, 0.5) is 17.3 Å². The summed E-state index contributed by atoms with van der Waals surface area (Å²) in [6, 6.07) is 16.5. The van der Waals surface area contributed by atoms with Crippen LogP contribution in [0.25, 0.3) is 0 Å². The molecule has 0 saturated carbocycles. The first-order chi connectivity index (χ1) is 12.1. The minimum atomic E-state index is -0.966. The Morgan fingerprint density at radius 1 is 1.04 bits per heavy atom. The molecule has 6 heteroatoms. The maximum atomic E-state index is 11.0. The van der Waals surface area contributed by atoms with Gasteiger partial charge in [0.25, 0.3) is 0 Å². The van der Waals surface area contributed by atoms with Gasteiger partial charge in [0.2, 0.25) is 0 Å². The largest absolute Gasteiger partial charge is 0.478 e. The highest BCUT2D eigenvalue weighted by atomic mass is 16.4. The maximum absolute atomic E-state index is 11.0. The summed E-state index contributed by atoms with van der Waals surface area (Å²) >= 11 is 0. The molecule has 0 saturated heterocycles. The van der Waals surface area contributed by atoms with Gasteiger partial charge in [0.1, 0.15) is 18.0 Å². The number of rotatable bonds is 6. The smallest absolute Gasteiger partial charge is 0.335 e. The Morgan fingerprint density at radius 3 is 2.64 bits per heavy atom. The summed E-state index contributed by atoms with van der Waals surface area (Å²) in [5, 5.41) is 15.4. The van der Waals surface area contributed by atoms with Gasteiger partial charge < -0.3 is 15.7 Å². The van der Waals surface area contributed by atoms with Crippen molar-refractivity contribution in [3.63, 3.8) is 0 Å². The molecule has 2 aromatic carbocycles. The van der Waals surface area contributed by atoms with Gasteiger partial charge in [0.15, 0.2) is 0 Å². The number of aromatic nitrogens is 2. The van der Waals surface area contributed by atoms with E-state index in [1.54, 1.807) is 30.3 Å². The zero-order chi connectivity index (χ0) is 17.6. The Labute approximate surface area is 145 Å². The van der Waals surface area contributed by atoms with E-state index in [1.807, 2.05) is 12.1 Å². The fourth-order valence-electron chi connectivity index (χ4n) is 2.39. The van der Waals surface area contributed by atoms with Crippen molar-refractivity contribution in [1.29, 1.82) is 0 Å². The SMILES string of the molecule is Cc1ccccc1CNc1cc(Nc2cccc(C(=O)O)c2)ncn1. The summed E-state index contributed by atoms with van der Waals surface area (Å²) in [6.07, 6.45) is 1.46. The number of aryl methyl sites for hydroxylation is 1. The number of carboxylic acid groups (broad SMARTS) is 1. The molecule has 0 radical (unpaired) electrons. The number of anilines is 3. The first-order valence-electron chi connectivity index (χ1n) is 7.82. The highest BCUT2D eigenvalue weighted by Crippen LogP contribution is 2.18. The molecule has 3 rings (SSSR count). The van der Waals surface area contributed by atoms with Gasteiger partial charge in [0, 0.05) is 18.3 Å². The predicted molar refractivity (Wildman–Crippen MR) is 97.2 cm³/mol. The predicted octanol–water partition coefficient (Wildman–Crippen LogP) is 3.84. The van der Waals surface area contributed by atoms with Crippen LogP contribution in [0.15, 0.2) is 60.9 Å². The van der Waals surface area contributed by atoms with Crippen LogP contribution in [0.3, 0.4) is 0 Å². The normalized spacial score (nSPS) is 10.3. The minimum Gasteiger partial charge on any atom is -0.478 e. The molecule has 0 fully saturated rings. The molecule has 3 aromatic rings. The molecule has 0 aliphatic carbocycles. The lowest BCUT2D eigenvalue weighted by molar-refractivity contribution is 0.0697. The number of aromatic carboxylic acids is 1. The molecule has 126 valence electrons. The third-order valence-electron chi connectivity index (χ3n) is 3.77. The lowest BCUT2D eigenvalue weighted by atomic mass is 10.1. The summed E-state index contributed by atoms with van der Waals surface area (Å²) in [5.74, 6) is 0.312. The van der Waals surface area contributed by atoms with E-state index < -0.39 is 5.97 Å². The summed E-state index contributed by atoms with van der Waals surface area (Å²) in [4.78, 5) is 19.4. The zero-order valence-corrected chi connectivity index (χ0v) is 13.7. The fraction of sp³-hybridized carbons (Fsp3) is 0.105. The third-order valence-corrected chi connectivity index (χ3v) is 3.77. The standard InChI is InChI=1S/C19H18N4O2/c1-13-5-2-3-6-15(13)11-20-17-10-18(22-12-21-17)23-16-8-4-7-14(9-16)19(24)25/h2-10,12H,11H2,1H3,(H,24,25)(H2,20,21,22,23). The molecule has 0 unspecified atom stereocenters. The highest BCUT2D eigenvalue weighted by Gasteiger charge is 2.05. The number of nitrogens with zero attached hydrogens (tertiary/aromatic N) is 2. The van der Waals surface area contributed by atoms with Crippen LogP contribution < -0.4 is 10.6 Å². The van der Waals surface area contributed by atoms with Crippen LogP contribution in [-0.4, -0.2) is 21.0 Å². The first kappa shape index (κ1) is 16.4. The van der Waals surface area contributed by atoms with Gasteiger partial charge in [-0.05, 0) is 36.2 Å². The zero-order valence-electron chi connectivity index (χ0n) is 13.7. The van der Waals surface area contributed by atoms with Crippen molar-refractivity contribution in [2.45, 2.75) is 13.5 Å². The number of carbonyl (C=O) groups is 1. The van der Waals surface area contributed by atoms with Gasteiger partial charge in [-0.1, -0.05) is 30.3 Å². The maximum Gasteiger partial charge on any atom is 0.335 e. The number of nitrogens with one attached hydrogen (secondary N) is 2. The Hall–Kier alpha value is -3.41. The Kier molecular flexibility index (Phi) is 4.89. The van der Waals surface area contributed by atoms with E-state index in [9.17, 15) is 4.79 Å². The van der Waals surface area contributed by atoms with Gasteiger partial charge in [-0.25, -0.2) is 14.8 Å². The number of carboxylic acids is 1. The Morgan fingerprint density at radius 2 is 1.84 bits per heavy atom. The summed E-state index contributed by atoms with van der Waals surface area (Å²) in [7, 11) is 0. The Bertz CT molecular complexity index is 896. The van der Waals surface area contributed by atoms with Gasteiger partial charge in [-0.15, -0.1) is 0 Å². The van der Waals surface area contributed by atoms with Gasteiger partial charge in [0.05, 0.1) is 5.56 Å². The average Bonchev–Trinajstić information content (AvgIpc) is 2.61. The molecule has 6 nitrogen and oxygen atoms in total. The molecule has 0 aliphatic heterocycles. The summed E-state index contributed by atoms with van der Waals surface area (Å²) in [5.41, 5.74) is 3.29. The van der Waals surface area contributed by atoms with Crippen molar-refractivity contribution in [3.05, 3.63) is 77.6 Å². The van der Waals surface area contributed by atoms with E-state index in [1.165, 1.54) is 17.5 Å². The highest BCUT2D eigenvalue weighted by molar-refractivity contribution is 5.89. The number of hydrogen-bond acceptors (Lipinski definition) is 5. The first-order valence-corrected chi connectivity index (χ1v) is 7.82. The van der Waals surface area contributed by atoms with Crippen LogP contribution in [0.5, 0.6) is 0 Å². The van der Waals surface area contributed by atoms with Crippen LogP contribution >= 0.6 is 0 Å². The minimum absolute atomic E-state index is 0.219. The third kappa shape index (κ3) is 4.32. The van der Waals surface area contributed by atoms with E-state index in [-0.39, 0.29) is 5.56 Å². The molecule has 0 spiro atoms. The molecule has 0 amide bonds. The molecule has 3 N–H and O–H groups in total. The van der Waals surface area contributed by atoms with Crippen molar-refractivity contribution in [2.75, 3.05) is 10.6 Å². The fourth-order valence-corrected chi connectivity index (χ4v) is 2.39. The van der Waals surface area contributed by atoms with E-state index in [4.69, 9.17) is 5.11 Å². The average molecular weight is 334 g/mol. The van der Waals surface area contributed by atoms with Crippen molar-refractivity contribution in [3.8, 4) is 0 Å². The topological polar surface area (TPSA) is 87.1 Å². The molecular formula is C19H18N4O2. The molecular weight excluding hydrogens is 316 g/mol. The van der Waals surface area contributed by atoms with Crippen LogP contribution in [0, 0.1) is 6.92 Å². The van der Waals surface area contributed by atoms with Gasteiger partial charge in [-0.3, -0.25) is 0 Å². The second-order valence-electron chi connectivity index (χ2n) is 5.58. The van der Waals surface area contributed by atoms with E-state index in [0.29, 0.717) is 23.9 Å². The summed E-state index contributed by atoms with van der Waals surface area (Å²) in [6.45, 7) is 2.73. The van der Waals surface area contributed by atoms with Crippen molar-refractivity contribution < 1.29 is 9.90 Å². The van der Waals surface area contributed by atoms with Crippen molar-refractivity contribution in [2.24, 2.45) is 0 Å². The van der Waals surface area contributed by atoms with Crippen molar-refractivity contribution in [1.82, 2.24) is 9.97 Å². The lowest BCUT2D eigenvalue weighted by Gasteiger charge is -2.10. The molecule has 25 heavy (non-hydrogen) atoms. The molecule has 0 bridgehead atoms. The number of benzene rings is 2. The van der Waals surface area contributed by atoms with Gasteiger partial charge in [-0.2, -0.15) is 0 Å². The molecule has 1 heterocycles. The van der Waals surface area contributed by atoms with E-state index >= 15 is 0 Å². The molecule has 0 aliphatic rings. The summed E-state index contributed by atoms with van der Waals surface area (Å²) < 4.78 is 0. The van der Waals surface area contributed by atoms with Crippen LogP contribution in [0.1, 0.15) is 21.5 Å². The Balaban J connectivity index is 1.70. The van der Waals surface area contributed by atoms with Crippen LogP contribution in [0.2, 0.25) is 0 Å². The quantitative estimate of drug-likeness (QED) is 0.635.